The summed E-state index contributed by atoms with van der Waals surface area (Å²) in [5.74, 6) is -2.45. The molecule has 0 aliphatic heterocycles. The Kier molecular flexibility index (Phi) is 21.8. The topological polar surface area (TPSA) is 189 Å². The molecule has 0 unspecified atom stereocenters. The second-order valence-electron chi connectivity index (χ2n) is 10.8. The van der Waals surface area contributed by atoms with Gasteiger partial charge in [-0.3, -0.25) is 28.8 Å². The van der Waals surface area contributed by atoms with Crippen LogP contribution in [0.25, 0.3) is 0 Å². The van der Waals surface area contributed by atoms with E-state index in [0.717, 1.165) is 0 Å². The Morgan fingerprint density at radius 3 is 1.98 bits per heavy atom. The van der Waals surface area contributed by atoms with Crippen molar-refractivity contribution in [2.45, 2.75) is 53.4 Å². The number of ketones is 3. The Labute approximate surface area is 254 Å². The second-order valence-corrected chi connectivity index (χ2v) is 11.2. The maximum atomic E-state index is 12.1. The van der Waals surface area contributed by atoms with Gasteiger partial charge in [-0.05, 0) is 6.42 Å². The fraction of sp³-hybridized carbons (Fsp3) is 0.786. The number of amides is 3. The zero-order chi connectivity index (χ0) is 32.0. The first kappa shape index (κ1) is 39.6. The SMILES string of the molecule is C[C@H](CC(=O)C(C)(C)C)C(=O)NCC(=O)CCCOCCOCC(=O)NCCOCCOCC(=O)C[C@H](CS)C(N)=O. The van der Waals surface area contributed by atoms with E-state index in [4.69, 9.17) is 24.7 Å². The summed E-state index contributed by atoms with van der Waals surface area (Å²) in [7, 11) is 0. The molecule has 14 heteroatoms. The number of carbonyl (C=O) groups is 6. The summed E-state index contributed by atoms with van der Waals surface area (Å²) in [5.41, 5.74) is 4.67. The van der Waals surface area contributed by atoms with Crippen LogP contribution in [-0.4, -0.2) is 107 Å². The van der Waals surface area contributed by atoms with Crippen LogP contribution in [0.15, 0.2) is 0 Å². The lowest BCUT2D eigenvalue weighted by atomic mass is 9.85. The van der Waals surface area contributed by atoms with Crippen molar-refractivity contribution >= 4 is 47.7 Å². The number of ether oxygens (including phenoxy) is 4. The van der Waals surface area contributed by atoms with Gasteiger partial charge in [-0.15, -0.1) is 0 Å². The molecular weight excluding hydrogens is 570 g/mol. The predicted molar refractivity (Wildman–Crippen MR) is 158 cm³/mol. The van der Waals surface area contributed by atoms with Crippen LogP contribution in [-0.2, 0) is 47.7 Å². The van der Waals surface area contributed by atoms with E-state index in [0.29, 0.717) is 13.0 Å². The summed E-state index contributed by atoms with van der Waals surface area (Å²) >= 11 is 3.99. The third-order valence-electron chi connectivity index (χ3n) is 5.89. The molecule has 0 aromatic rings. The standard InChI is InChI=1S/C28H49N3O10S/c1-20(14-24(34)28(2,3)4)27(37)31-16-22(32)6-5-8-38-10-13-41-18-25(35)30-7-9-39-11-12-40-17-23(33)15-21(19-42)26(29)36/h20-21,42H,5-19H2,1-4H3,(H2,29,36)(H,30,35)(H,31,37)/t20-,21-/m1/s1. The van der Waals surface area contributed by atoms with Crippen LogP contribution in [0, 0.1) is 17.3 Å². The van der Waals surface area contributed by atoms with Crippen molar-refractivity contribution in [3.63, 3.8) is 0 Å². The molecule has 42 heavy (non-hydrogen) atoms. The van der Waals surface area contributed by atoms with Crippen LogP contribution in [0.2, 0.25) is 0 Å². The molecule has 2 atom stereocenters. The highest BCUT2D eigenvalue weighted by molar-refractivity contribution is 7.80. The molecule has 3 amide bonds. The quantitative estimate of drug-likeness (QED) is 0.0772. The van der Waals surface area contributed by atoms with Crippen LogP contribution >= 0.6 is 12.6 Å². The molecule has 0 aromatic carbocycles. The van der Waals surface area contributed by atoms with Crippen molar-refractivity contribution in [1.29, 1.82) is 0 Å². The van der Waals surface area contributed by atoms with Crippen LogP contribution in [0.1, 0.15) is 53.4 Å². The highest BCUT2D eigenvalue weighted by Gasteiger charge is 2.26. The Morgan fingerprint density at radius 2 is 1.38 bits per heavy atom. The molecule has 0 aliphatic carbocycles. The van der Waals surface area contributed by atoms with Gasteiger partial charge < -0.3 is 35.3 Å². The van der Waals surface area contributed by atoms with E-state index in [-0.39, 0.29) is 114 Å². The van der Waals surface area contributed by atoms with Gasteiger partial charge in [0, 0.05) is 49.5 Å². The summed E-state index contributed by atoms with van der Waals surface area (Å²) in [6, 6.07) is 0. The van der Waals surface area contributed by atoms with Crippen molar-refractivity contribution in [3.8, 4) is 0 Å². The van der Waals surface area contributed by atoms with E-state index in [1.165, 1.54) is 0 Å². The zero-order valence-corrected chi connectivity index (χ0v) is 26.3. The van der Waals surface area contributed by atoms with E-state index in [9.17, 15) is 28.8 Å². The van der Waals surface area contributed by atoms with E-state index < -0.39 is 23.2 Å². The van der Waals surface area contributed by atoms with Crippen LogP contribution in [0.5, 0.6) is 0 Å². The lowest BCUT2D eigenvalue weighted by Crippen LogP contribution is -2.35. The monoisotopic (exact) mass is 619 g/mol. The maximum absolute atomic E-state index is 12.1. The normalized spacial score (nSPS) is 12.8. The fourth-order valence-corrected chi connectivity index (χ4v) is 3.50. The summed E-state index contributed by atoms with van der Waals surface area (Å²) < 4.78 is 21.1. The summed E-state index contributed by atoms with van der Waals surface area (Å²) in [6.07, 6.45) is 0.865. The zero-order valence-electron chi connectivity index (χ0n) is 25.4. The predicted octanol–water partition coefficient (Wildman–Crippen LogP) is 0.266. The Bertz CT molecular complexity index is 863. The molecule has 0 rings (SSSR count). The van der Waals surface area contributed by atoms with Gasteiger partial charge in [-0.1, -0.05) is 27.7 Å². The molecule has 0 aliphatic rings. The first-order chi connectivity index (χ1) is 19.8. The molecule has 13 nitrogen and oxygen atoms in total. The number of Topliss-reactive ketones (excluding diaryl/α,β-unsaturated/α-hetero) is 3. The van der Waals surface area contributed by atoms with Crippen molar-refractivity contribution < 1.29 is 47.7 Å². The van der Waals surface area contributed by atoms with E-state index in [1.807, 2.05) is 0 Å². The van der Waals surface area contributed by atoms with Gasteiger partial charge in [-0.2, -0.15) is 12.6 Å². The van der Waals surface area contributed by atoms with Gasteiger partial charge in [0.1, 0.15) is 19.0 Å². The smallest absolute Gasteiger partial charge is 0.246 e. The van der Waals surface area contributed by atoms with E-state index >= 15 is 0 Å². The number of nitrogens with two attached hydrogens (primary N) is 1. The molecule has 4 N–H and O–H groups in total. The minimum atomic E-state index is -0.607. The third-order valence-corrected chi connectivity index (χ3v) is 6.33. The Balaban J connectivity index is 3.62. The van der Waals surface area contributed by atoms with Gasteiger partial charge in [0.25, 0.3) is 0 Å². The van der Waals surface area contributed by atoms with Gasteiger partial charge >= 0.3 is 0 Å². The molecule has 0 heterocycles. The van der Waals surface area contributed by atoms with Gasteiger partial charge in [-0.25, -0.2) is 0 Å². The molecule has 0 aromatic heterocycles. The molecule has 0 fully saturated rings. The molecular formula is C28H49N3O10S. The van der Waals surface area contributed by atoms with Gasteiger partial charge in [0.05, 0.1) is 45.5 Å². The molecule has 242 valence electrons. The number of hydrogen-bond acceptors (Lipinski definition) is 11. The number of nitrogens with one attached hydrogen (secondary N) is 2. The molecule has 0 saturated heterocycles. The summed E-state index contributed by atoms with van der Waals surface area (Å²) in [4.78, 5) is 70.7. The molecule has 0 bridgehead atoms. The minimum Gasteiger partial charge on any atom is -0.379 e. The summed E-state index contributed by atoms with van der Waals surface area (Å²) in [6.45, 7) is 8.51. The summed E-state index contributed by atoms with van der Waals surface area (Å²) in [5, 5.41) is 5.22. The molecule has 0 radical (unpaired) electrons. The minimum absolute atomic E-state index is 0.00174. The first-order valence-electron chi connectivity index (χ1n) is 14.1. The second kappa shape index (κ2) is 23.1. The van der Waals surface area contributed by atoms with E-state index in [1.54, 1.807) is 27.7 Å². The van der Waals surface area contributed by atoms with Crippen LogP contribution < -0.4 is 16.4 Å². The lowest BCUT2D eigenvalue weighted by molar-refractivity contribution is -0.133. The Hall–Kier alpha value is -2.39. The maximum Gasteiger partial charge on any atom is 0.246 e. The third kappa shape index (κ3) is 21.3. The lowest BCUT2D eigenvalue weighted by Gasteiger charge is -2.19. The molecule has 0 spiro atoms. The number of rotatable bonds is 26. The molecule has 0 saturated carbocycles. The first-order valence-corrected chi connectivity index (χ1v) is 14.7. The van der Waals surface area contributed by atoms with Crippen LogP contribution in [0.4, 0.5) is 0 Å². The highest BCUT2D eigenvalue weighted by Crippen LogP contribution is 2.19. The van der Waals surface area contributed by atoms with Gasteiger partial charge in [0.2, 0.25) is 17.7 Å². The number of carbonyl (C=O) groups excluding carboxylic acids is 6. The van der Waals surface area contributed by atoms with Crippen molar-refractivity contribution in [3.05, 3.63) is 0 Å². The van der Waals surface area contributed by atoms with Gasteiger partial charge in [0.15, 0.2) is 11.6 Å². The average molecular weight is 620 g/mol. The average Bonchev–Trinajstić information content (AvgIpc) is 2.92. The number of hydrogen-bond donors (Lipinski definition) is 4. The fourth-order valence-electron chi connectivity index (χ4n) is 3.19. The Morgan fingerprint density at radius 1 is 0.786 bits per heavy atom. The van der Waals surface area contributed by atoms with Crippen molar-refractivity contribution in [2.24, 2.45) is 23.0 Å². The largest absolute Gasteiger partial charge is 0.379 e. The highest BCUT2D eigenvalue weighted by atomic mass is 32.1. The van der Waals surface area contributed by atoms with Crippen LogP contribution in [0.3, 0.4) is 0 Å². The van der Waals surface area contributed by atoms with E-state index in [2.05, 4.69) is 23.3 Å². The van der Waals surface area contributed by atoms with Crippen molar-refractivity contribution in [1.82, 2.24) is 10.6 Å². The number of primary amides is 1. The van der Waals surface area contributed by atoms with Crippen molar-refractivity contribution in [2.75, 3.05) is 71.7 Å². The number of thiol groups is 1.